The molecule has 1 aliphatic rings. The van der Waals surface area contributed by atoms with Crippen LogP contribution in [-0.4, -0.2) is 33.8 Å². The monoisotopic (exact) mass is 209 g/mol. The lowest BCUT2D eigenvalue weighted by molar-refractivity contribution is 0.0834. The summed E-state index contributed by atoms with van der Waals surface area (Å²) in [5.41, 5.74) is 0. The van der Waals surface area contributed by atoms with Gasteiger partial charge in [0, 0.05) is 18.3 Å². The van der Waals surface area contributed by atoms with E-state index in [1.54, 1.807) is 12.3 Å². The van der Waals surface area contributed by atoms with Crippen molar-refractivity contribution in [2.24, 2.45) is 0 Å². The van der Waals surface area contributed by atoms with E-state index < -0.39 is 0 Å². The van der Waals surface area contributed by atoms with Gasteiger partial charge in [-0.05, 0) is 19.8 Å². The summed E-state index contributed by atoms with van der Waals surface area (Å²) in [7, 11) is 0. The van der Waals surface area contributed by atoms with Gasteiger partial charge < -0.3 is 15.2 Å². The Morgan fingerprint density at radius 2 is 2.40 bits per heavy atom. The number of ether oxygens (including phenoxy) is 1. The Morgan fingerprint density at radius 3 is 3.07 bits per heavy atom. The van der Waals surface area contributed by atoms with Crippen LogP contribution in [0.1, 0.15) is 19.8 Å². The SMILES string of the molecule is CCOc1ccnc(NC2CC(O)C2)n1. The van der Waals surface area contributed by atoms with Crippen LogP contribution in [0.25, 0.3) is 0 Å². The number of nitrogens with one attached hydrogen (secondary N) is 1. The third-order valence-corrected chi connectivity index (χ3v) is 2.37. The molecule has 5 nitrogen and oxygen atoms in total. The van der Waals surface area contributed by atoms with Crippen LogP contribution in [0.15, 0.2) is 12.3 Å². The lowest BCUT2D eigenvalue weighted by Crippen LogP contribution is -2.39. The van der Waals surface area contributed by atoms with Crippen molar-refractivity contribution in [1.82, 2.24) is 9.97 Å². The van der Waals surface area contributed by atoms with Gasteiger partial charge in [-0.15, -0.1) is 0 Å². The average molecular weight is 209 g/mol. The molecule has 0 unspecified atom stereocenters. The van der Waals surface area contributed by atoms with Crippen molar-refractivity contribution in [1.29, 1.82) is 0 Å². The first kappa shape index (κ1) is 10.2. The molecule has 0 amide bonds. The average Bonchev–Trinajstić information content (AvgIpc) is 2.17. The fraction of sp³-hybridized carbons (Fsp3) is 0.600. The molecule has 1 heterocycles. The number of anilines is 1. The molecule has 82 valence electrons. The van der Waals surface area contributed by atoms with E-state index in [-0.39, 0.29) is 12.1 Å². The van der Waals surface area contributed by atoms with E-state index >= 15 is 0 Å². The number of hydrogen-bond donors (Lipinski definition) is 2. The summed E-state index contributed by atoms with van der Waals surface area (Å²) in [5.74, 6) is 1.15. The molecule has 0 radical (unpaired) electrons. The molecule has 0 spiro atoms. The minimum Gasteiger partial charge on any atom is -0.478 e. The lowest BCUT2D eigenvalue weighted by Gasteiger charge is -2.31. The minimum atomic E-state index is -0.169. The van der Waals surface area contributed by atoms with Crippen LogP contribution in [0, 0.1) is 0 Å². The summed E-state index contributed by atoms with van der Waals surface area (Å²) in [6, 6.07) is 2.02. The molecule has 2 rings (SSSR count). The maximum Gasteiger partial charge on any atom is 0.226 e. The predicted octanol–water partition coefficient (Wildman–Crippen LogP) is 0.810. The summed E-state index contributed by atoms with van der Waals surface area (Å²) < 4.78 is 5.26. The van der Waals surface area contributed by atoms with Gasteiger partial charge >= 0.3 is 0 Å². The zero-order chi connectivity index (χ0) is 10.7. The second-order valence-corrected chi connectivity index (χ2v) is 3.62. The van der Waals surface area contributed by atoms with Gasteiger partial charge in [-0.2, -0.15) is 4.98 Å². The van der Waals surface area contributed by atoms with Crippen LogP contribution in [0.3, 0.4) is 0 Å². The number of hydrogen-bond acceptors (Lipinski definition) is 5. The number of aliphatic hydroxyl groups is 1. The van der Waals surface area contributed by atoms with E-state index in [0.29, 0.717) is 18.4 Å². The Hall–Kier alpha value is -1.36. The summed E-state index contributed by atoms with van der Waals surface area (Å²) in [5, 5.41) is 12.3. The van der Waals surface area contributed by atoms with Crippen molar-refractivity contribution in [3.05, 3.63) is 12.3 Å². The number of rotatable bonds is 4. The van der Waals surface area contributed by atoms with Crippen molar-refractivity contribution in [3.8, 4) is 5.88 Å². The highest BCUT2D eigenvalue weighted by Crippen LogP contribution is 2.22. The first-order valence-corrected chi connectivity index (χ1v) is 5.18. The van der Waals surface area contributed by atoms with Crippen LogP contribution >= 0.6 is 0 Å². The molecule has 1 aliphatic carbocycles. The van der Waals surface area contributed by atoms with Crippen LogP contribution < -0.4 is 10.1 Å². The molecule has 0 saturated heterocycles. The molecule has 0 atom stereocenters. The topological polar surface area (TPSA) is 67.3 Å². The summed E-state index contributed by atoms with van der Waals surface area (Å²) in [4.78, 5) is 8.27. The third-order valence-electron chi connectivity index (χ3n) is 2.37. The van der Waals surface area contributed by atoms with Crippen molar-refractivity contribution in [3.63, 3.8) is 0 Å². The van der Waals surface area contributed by atoms with Crippen molar-refractivity contribution in [2.75, 3.05) is 11.9 Å². The maximum atomic E-state index is 9.13. The predicted molar refractivity (Wildman–Crippen MR) is 55.9 cm³/mol. The van der Waals surface area contributed by atoms with E-state index in [2.05, 4.69) is 15.3 Å². The molecule has 0 aliphatic heterocycles. The van der Waals surface area contributed by atoms with Gasteiger partial charge in [0.05, 0.1) is 12.7 Å². The molecular weight excluding hydrogens is 194 g/mol. The Labute approximate surface area is 88.5 Å². The molecule has 15 heavy (non-hydrogen) atoms. The third kappa shape index (κ3) is 2.56. The summed E-state index contributed by atoms with van der Waals surface area (Å²) in [6.07, 6.45) is 3.03. The second kappa shape index (κ2) is 4.44. The fourth-order valence-electron chi connectivity index (χ4n) is 1.53. The highest BCUT2D eigenvalue weighted by atomic mass is 16.5. The molecule has 5 heteroatoms. The van der Waals surface area contributed by atoms with E-state index in [1.807, 2.05) is 6.92 Å². The first-order chi connectivity index (χ1) is 7.28. The minimum absolute atomic E-state index is 0.169. The molecule has 1 saturated carbocycles. The number of nitrogens with zero attached hydrogens (tertiary/aromatic N) is 2. The number of aromatic nitrogens is 2. The first-order valence-electron chi connectivity index (χ1n) is 5.18. The van der Waals surface area contributed by atoms with Crippen LogP contribution in [0.2, 0.25) is 0 Å². The second-order valence-electron chi connectivity index (χ2n) is 3.62. The maximum absolute atomic E-state index is 9.13. The van der Waals surface area contributed by atoms with Crippen LogP contribution in [0.5, 0.6) is 5.88 Å². The van der Waals surface area contributed by atoms with Crippen molar-refractivity contribution < 1.29 is 9.84 Å². The van der Waals surface area contributed by atoms with Crippen LogP contribution in [0.4, 0.5) is 5.95 Å². The molecule has 2 N–H and O–H groups in total. The largest absolute Gasteiger partial charge is 0.478 e. The summed E-state index contributed by atoms with van der Waals surface area (Å²) in [6.45, 7) is 2.51. The van der Waals surface area contributed by atoms with Gasteiger partial charge in [-0.1, -0.05) is 0 Å². The van der Waals surface area contributed by atoms with Gasteiger partial charge in [0.15, 0.2) is 0 Å². The molecular formula is C10H15N3O2. The van der Waals surface area contributed by atoms with Crippen LogP contribution in [-0.2, 0) is 0 Å². The molecule has 1 aromatic heterocycles. The molecule has 0 bridgehead atoms. The highest BCUT2D eigenvalue weighted by molar-refractivity contribution is 5.29. The van der Waals surface area contributed by atoms with Gasteiger partial charge in [0.2, 0.25) is 11.8 Å². The molecule has 0 aromatic carbocycles. The quantitative estimate of drug-likeness (QED) is 0.768. The smallest absolute Gasteiger partial charge is 0.226 e. The van der Waals surface area contributed by atoms with E-state index in [0.717, 1.165) is 12.8 Å². The normalized spacial score (nSPS) is 24.4. The van der Waals surface area contributed by atoms with E-state index in [4.69, 9.17) is 9.84 Å². The van der Waals surface area contributed by atoms with Gasteiger partial charge in [-0.25, -0.2) is 4.98 Å². The Balaban J connectivity index is 1.93. The fourth-order valence-corrected chi connectivity index (χ4v) is 1.53. The van der Waals surface area contributed by atoms with E-state index in [1.165, 1.54) is 0 Å². The molecule has 1 fully saturated rings. The Bertz CT molecular complexity index is 326. The van der Waals surface area contributed by atoms with Gasteiger partial charge in [0.1, 0.15) is 0 Å². The summed E-state index contributed by atoms with van der Waals surface area (Å²) >= 11 is 0. The van der Waals surface area contributed by atoms with Gasteiger partial charge in [-0.3, -0.25) is 0 Å². The van der Waals surface area contributed by atoms with Crippen molar-refractivity contribution in [2.45, 2.75) is 31.9 Å². The Morgan fingerprint density at radius 1 is 1.60 bits per heavy atom. The lowest BCUT2D eigenvalue weighted by atomic mass is 9.90. The highest BCUT2D eigenvalue weighted by Gasteiger charge is 2.27. The zero-order valence-electron chi connectivity index (χ0n) is 8.68. The van der Waals surface area contributed by atoms with Gasteiger partial charge in [0.25, 0.3) is 0 Å². The standard InChI is InChI=1S/C10H15N3O2/c1-2-15-9-3-4-11-10(13-9)12-7-5-8(14)6-7/h3-4,7-8,14H,2,5-6H2,1H3,(H,11,12,13). The zero-order valence-corrected chi connectivity index (χ0v) is 8.68. The number of aliphatic hydroxyl groups excluding tert-OH is 1. The van der Waals surface area contributed by atoms with E-state index in [9.17, 15) is 0 Å². The molecule has 1 aromatic rings. The Kier molecular flexibility index (Phi) is 3.01. The van der Waals surface area contributed by atoms with Crippen molar-refractivity contribution >= 4 is 5.95 Å².